The zero-order valence-corrected chi connectivity index (χ0v) is 9.15. The summed E-state index contributed by atoms with van der Waals surface area (Å²) in [7, 11) is 0. The Morgan fingerprint density at radius 1 is 1.00 bits per heavy atom. The molecule has 2 atom stereocenters. The van der Waals surface area contributed by atoms with Gasteiger partial charge in [-0.15, -0.1) is 5.23 Å². The van der Waals surface area contributed by atoms with E-state index in [0.29, 0.717) is 24.3 Å². The van der Waals surface area contributed by atoms with Crippen LogP contribution in [0.25, 0.3) is 0 Å². The summed E-state index contributed by atoms with van der Waals surface area (Å²) in [6.45, 7) is 0.900. The average Bonchev–Trinajstić information content (AvgIpc) is 3.16. The van der Waals surface area contributed by atoms with Crippen molar-refractivity contribution < 1.29 is 19.9 Å². The van der Waals surface area contributed by atoms with Crippen molar-refractivity contribution >= 4 is 11.4 Å². The van der Waals surface area contributed by atoms with Gasteiger partial charge in [0.15, 0.2) is 0 Å². The first-order valence-electron chi connectivity index (χ1n) is 5.31. The number of epoxide rings is 2. The Balaban J connectivity index is 2.10. The van der Waals surface area contributed by atoms with Crippen molar-refractivity contribution in [2.75, 3.05) is 23.7 Å². The van der Waals surface area contributed by atoms with Gasteiger partial charge in [-0.05, 0) is 12.1 Å². The van der Waals surface area contributed by atoms with E-state index in [9.17, 15) is 10.4 Å². The molecule has 8 heteroatoms. The van der Waals surface area contributed by atoms with Gasteiger partial charge < -0.3 is 25.1 Å². The van der Waals surface area contributed by atoms with E-state index in [4.69, 9.17) is 19.9 Å². The molecule has 3 rings (SSSR count). The number of ether oxygens (including phenoxy) is 2. The number of benzene rings is 1. The van der Waals surface area contributed by atoms with Crippen molar-refractivity contribution in [3.05, 3.63) is 33.7 Å². The minimum absolute atomic E-state index is 0.0476. The van der Waals surface area contributed by atoms with Gasteiger partial charge in [-0.3, -0.25) is 10.4 Å². The van der Waals surface area contributed by atoms with Crippen molar-refractivity contribution in [1.82, 2.24) is 0 Å². The van der Waals surface area contributed by atoms with E-state index >= 15 is 0 Å². The van der Waals surface area contributed by atoms with Gasteiger partial charge in [-0.1, -0.05) is 0 Å². The van der Waals surface area contributed by atoms with Gasteiger partial charge in [0, 0.05) is 16.8 Å². The van der Waals surface area contributed by atoms with Crippen LogP contribution in [-0.2, 0) is 9.47 Å². The van der Waals surface area contributed by atoms with Crippen molar-refractivity contribution in [2.45, 2.75) is 12.2 Å². The summed E-state index contributed by atoms with van der Waals surface area (Å²) in [6, 6.07) is 2.66. The Kier molecular flexibility index (Phi) is 2.63. The number of rotatable bonds is 4. The Morgan fingerprint density at radius 2 is 1.50 bits per heavy atom. The van der Waals surface area contributed by atoms with E-state index in [0.717, 1.165) is 6.07 Å². The van der Waals surface area contributed by atoms with Crippen molar-refractivity contribution in [2.24, 2.45) is 0 Å². The van der Waals surface area contributed by atoms with E-state index in [1.807, 2.05) is 0 Å². The van der Waals surface area contributed by atoms with E-state index in [1.54, 1.807) is 6.07 Å². The molecule has 2 aliphatic heterocycles. The van der Waals surface area contributed by atoms with Crippen LogP contribution in [-0.4, -0.2) is 23.6 Å². The third-order valence-corrected chi connectivity index (χ3v) is 2.95. The predicted molar refractivity (Wildman–Crippen MR) is 59.1 cm³/mol. The second-order valence-electron chi connectivity index (χ2n) is 4.16. The normalized spacial score (nSPS) is 24.9. The molecule has 2 saturated heterocycles. The first kappa shape index (κ1) is 11.7. The fourth-order valence-electron chi connectivity index (χ4n) is 1.91. The fraction of sp³-hybridized carbons (Fsp3) is 0.400. The Morgan fingerprint density at radius 3 is 1.89 bits per heavy atom. The lowest BCUT2D eigenvalue weighted by Crippen LogP contribution is -2.16. The molecule has 0 aromatic heterocycles. The Bertz CT molecular complexity index is 403. The van der Waals surface area contributed by atoms with Crippen LogP contribution in [0, 0.1) is 10.4 Å². The number of hydrogen-bond acceptors (Lipinski definition) is 8. The van der Waals surface area contributed by atoms with Crippen LogP contribution in [0.4, 0.5) is 11.4 Å². The number of anilines is 2. The molecule has 98 valence electrons. The molecule has 2 unspecified atom stereocenters. The minimum atomic E-state index is -0.568. The summed E-state index contributed by atoms with van der Waals surface area (Å²) >= 11 is 0. The Labute approximate surface area is 102 Å². The van der Waals surface area contributed by atoms with Gasteiger partial charge in [0.05, 0.1) is 13.2 Å². The number of hydrogen-bond donors (Lipinski definition) is 2. The van der Waals surface area contributed by atoms with Gasteiger partial charge in [0.25, 0.3) is 0 Å². The topological polar surface area (TPSA) is 118 Å². The van der Waals surface area contributed by atoms with Gasteiger partial charge in [0.1, 0.15) is 17.9 Å². The molecule has 1 aromatic carbocycles. The van der Waals surface area contributed by atoms with Crippen molar-refractivity contribution in [3.8, 4) is 0 Å². The lowest BCUT2D eigenvalue weighted by Gasteiger charge is -2.39. The molecule has 0 saturated carbocycles. The van der Waals surface area contributed by atoms with Crippen molar-refractivity contribution in [3.63, 3.8) is 0 Å². The summed E-state index contributed by atoms with van der Waals surface area (Å²) in [5, 5.41) is 39.5. The summed E-state index contributed by atoms with van der Waals surface area (Å²) in [5.41, 5.74) is 0.714. The highest BCUT2D eigenvalue weighted by Gasteiger charge is 2.34. The summed E-state index contributed by atoms with van der Waals surface area (Å²) < 4.78 is 10.1. The quantitative estimate of drug-likeness (QED) is 0.608. The second kappa shape index (κ2) is 4.05. The molecular weight excluding hydrogens is 244 g/mol. The predicted octanol–water partition coefficient (Wildman–Crippen LogP) is 1.22. The van der Waals surface area contributed by atoms with Gasteiger partial charge in [-0.25, -0.2) is 0 Å². The molecule has 0 bridgehead atoms. The van der Waals surface area contributed by atoms with Crippen LogP contribution in [0.1, 0.15) is 23.3 Å². The third-order valence-electron chi connectivity index (χ3n) is 2.95. The molecule has 2 N–H and O–H groups in total. The minimum Gasteiger partial charge on any atom is -0.769 e. The molecule has 2 heterocycles. The largest absolute Gasteiger partial charge is 0.769 e. The lowest BCUT2D eigenvalue weighted by molar-refractivity contribution is 0.0285. The summed E-state index contributed by atoms with van der Waals surface area (Å²) in [5.74, 6) is 0. The van der Waals surface area contributed by atoms with Crippen LogP contribution in [0.5, 0.6) is 0 Å². The standard InChI is InChI=1S/C10H10N2O6/c13-11(14)7-2-8(12(15)16)6(10-4-18-10)1-5(7)9-3-17-9/h1-2,9-10,13-14H,3-4H2/q-2. The second-order valence-corrected chi connectivity index (χ2v) is 4.16. The molecule has 18 heavy (non-hydrogen) atoms. The maximum atomic E-state index is 11.0. The van der Waals surface area contributed by atoms with Crippen molar-refractivity contribution in [1.29, 1.82) is 0 Å². The maximum Gasteiger partial charge on any atom is 0.108 e. The summed E-state index contributed by atoms with van der Waals surface area (Å²) in [6.07, 6.45) is -0.539. The van der Waals surface area contributed by atoms with E-state index in [2.05, 4.69) is 0 Å². The van der Waals surface area contributed by atoms with Crippen LogP contribution in [0.15, 0.2) is 12.1 Å². The van der Waals surface area contributed by atoms with Crippen LogP contribution >= 0.6 is 0 Å². The highest BCUT2D eigenvalue weighted by atomic mass is 16.8. The zero-order chi connectivity index (χ0) is 12.9. The molecule has 0 aliphatic carbocycles. The molecule has 0 spiro atoms. The maximum absolute atomic E-state index is 11.0. The first-order valence-corrected chi connectivity index (χ1v) is 5.31. The molecule has 2 aliphatic rings. The molecule has 0 amide bonds. The molecule has 8 nitrogen and oxygen atoms in total. The smallest absolute Gasteiger partial charge is 0.108 e. The van der Waals surface area contributed by atoms with Crippen LogP contribution < -0.4 is 10.5 Å². The van der Waals surface area contributed by atoms with Gasteiger partial charge >= 0.3 is 0 Å². The highest BCUT2D eigenvalue weighted by Crippen LogP contribution is 2.44. The number of nitrogens with zero attached hydrogens (tertiary/aromatic N) is 2. The van der Waals surface area contributed by atoms with Crippen LogP contribution in [0.2, 0.25) is 0 Å². The van der Waals surface area contributed by atoms with Crippen LogP contribution in [0.3, 0.4) is 0 Å². The van der Waals surface area contributed by atoms with Gasteiger partial charge in [-0.2, -0.15) is 0 Å². The zero-order valence-electron chi connectivity index (χ0n) is 9.15. The molecular formula is C10H10N2O6-2. The molecule has 1 aromatic rings. The average molecular weight is 254 g/mol. The highest BCUT2D eigenvalue weighted by molar-refractivity contribution is 5.68. The SMILES string of the molecule is [O-]N([O-])c1cc(N(O)O)c(C2CO2)cc1C1CO1. The van der Waals surface area contributed by atoms with E-state index in [1.165, 1.54) is 0 Å². The first-order chi connectivity index (χ1) is 8.58. The monoisotopic (exact) mass is 254 g/mol. The molecule has 0 radical (unpaired) electrons. The van der Waals surface area contributed by atoms with Gasteiger partial charge in [0.2, 0.25) is 0 Å². The fourth-order valence-corrected chi connectivity index (χ4v) is 1.91. The van der Waals surface area contributed by atoms with E-state index < -0.39 is 5.23 Å². The summed E-state index contributed by atoms with van der Waals surface area (Å²) in [4.78, 5) is 0. The Hall–Kier alpha value is -1.42. The van der Waals surface area contributed by atoms with E-state index in [-0.39, 0.29) is 28.8 Å². The third kappa shape index (κ3) is 2.01. The lowest BCUT2D eigenvalue weighted by atomic mass is 10.0. The molecule has 2 fully saturated rings.